The van der Waals surface area contributed by atoms with Gasteiger partial charge in [-0.25, -0.2) is 4.79 Å². The van der Waals surface area contributed by atoms with Crippen LogP contribution < -0.4 is 5.32 Å². The van der Waals surface area contributed by atoms with Crippen molar-refractivity contribution in [3.05, 3.63) is 23.8 Å². The van der Waals surface area contributed by atoms with Gasteiger partial charge in [-0.15, -0.1) is 0 Å². The number of carboxylic acid groups (broad SMARTS) is 1. The lowest BCUT2D eigenvalue weighted by Gasteiger charge is -2.38. The van der Waals surface area contributed by atoms with E-state index in [2.05, 4.69) is 5.32 Å². The molecule has 120 valence electrons. The summed E-state index contributed by atoms with van der Waals surface area (Å²) in [7, 11) is 0. The Morgan fingerprint density at radius 1 is 1.27 bits per heavy atom. The van der Waals surface area contributed by atoms with Gasteiger partial charge in [0, 0.05) is 17.3 Å². The Morgan fingerprint density at radius 2 is 1.91 bits per heavy atom. The molecule has 0 atom stereocenters. The van der Waals surface area contributed by atoms with E-state index in [-0.39, 0.29) is 5.75 Å². The molecule has 6 heteroatoms. The molecular weight excluding hydrogens is 286 g/mol. The Morgan fingerprint density at radius 3 is 2.32 bits per heavy atom. The fraction of sp³-hybridized carbons (Fsp3) is 0.500. The number of carbonyl (C=O) groups is 2. The zero-order valence-electron chi connectivity index (χ0n) is 13.0. The number of amides is 1. The van der Waals surface area contributed by atoms with Crippen molar-refractivity contribution in [3.63, 3.8) is 0 Å². The van der Waals surface area contributed by atoms with E-state index in [1.165, 1.54) is 6.07 Å². The zero-order chi connectivity index (χ0) is 16.5. The normalized spacial score (nSPS) is 16.5. The van der Waals surface area contributed by atoms with Gasteiger partial charge in [0.1, 0.15) is 11.4 Å². The molecule has 0 aliphatic heterocycles. The van der Waals surface area contributed by atoms with Crippen LogP contribution in [0, 0.1) is 0 Å². The average Bonchev–Trinajstić information content (AvgIpc) is 2.27. The largest absolute Gasteiger partial charge is 0.508 e. The Labute approximate surface area is 129 Å². The molecule has 6 nitrogen and oxygen atoms in total. The Hall–Kier alpha value is -2.24. The van der Waals surface area contributed by atoms with Crippen molar-refractivity contribution in [1.82, 2.24) is 0 Å². The summed E-state index contributed by atoms with van der Waals surface area (Å²) in [5, 5.41) is 22.0. The van der Waals surface area contributed by atoms with Gasteiger partial charge in [0.05, 0.1) is 5.41 Å². The van der Waals surface area contributed by atoms with Crippen LogP contribution >= 0.6 is 0 Å². The first-order valence-electron chi connectivity index (χ1n) is 7.21. The molecular formula is C16H21NO5. The number of nitrogens with one attached hydrogen (secondary N) is 1. The van der Waals surface area contributed by atoms with E-state index in [0.717, 1.165) is 6.42 Å². The molecule has 1 aromatic rings. The summed E-state index contributed by atoms with van der Waals surface area (Å²) in [5.74, 6) is -1.06. The smallest absolute Gasteiger partial charge is 0.412 e. The van der Waals surface area contributed by atoms with Gasteiger partial charge in [-0.05, 0) is 39.7 Å². The molecule has 1 saturated carbocycles. The van der Waals surface area contributed by atoms with Crippen LogP contribution in [0.25, 0.3) is 0 Å². The highest BCUT2D eigenvalue weighted by Gasteiger charge is 2.47. The monoisotopic (exact) mass is 307 g/mol. The third kappa shape index (κ3) is 3.16. The molecule has 1 aromatic carbocycles. The van der Waals surface area contributed by atoms with E-state index >= 15 is 0 Å². The second kappa shape index (κ2) is 5.51. The van der Waals surface area contributed by atoms with Crippen LogP contribution in [0.1, 0.15) is 45.6 Å². The summed E-state index contributed by atoms with van der Waals surface area (Å²) in [6, 6.07) is 4.47. The first kappa shape index (κ1) is 16.1. The quantitative estimate of drug-likeness (QED) is 0.796. The number of anilines is 1. The van der Waals surface area contributed by atoms with Crippen LogP contribution in [0.5, 0.6) is 5.75 Å². The maximum atomic E-state index is 11.7. The first-order valence-corrected chi connectivity index (χ1v) is 7.21. The SMILES string of the molecule is CC(C)(C)OC(=O)Nc1ccc(C2(C(=O)O)CCC2)c(O)c1. The van der Waals surface area contributed by atoms with Crippen molar-refractivity contribution in [2.75, 3.05) is 5.32 Å². The Bertz CT molecular complexity index is 599. The van der Waals surface area contributed by atoms with E-state index in [9.17, 15) is 19.8 Å². The summed E-state index contributed by atoms with van der Waals surface area (Å²) in [6.07, 6.45) is 1.21. The molecule has 1 aliphatic carbocycles. The third-order valence-electron chi connectivity index (χ3n) is 3.78. The molecule has 0 spiro atoms. The lowest BCUT2D eigenvalue weighted by atomic mass is 9.64. The maximum Gasteiger partial charge on any atom is 0.412 e. The molecule has 0 unspecified atom stereocenters. The molecule has 2 rings (SSSR count). The molecule has 22 heavy (non-hydrogen) atoms. The molecule has 1 aliphatic rings. The van der Waals surface area contributed by atoms with Gasteiger partial charge < -0.3 is 14.9 Å². The van der Waals surface area contributed by atoms with Crippen molar-refractivity contribution in [2.45, 2.75) is 51.0 Å². The Balaban J connectivity index is 2.17. The molecule has 0 saturated heterocycles. The highest BCUT2D eigenvalue weighted by Crippen LogP contribution is 2.47. The van der Waals surface area contributed by atoms with Crippen LogP contribution in [-0.2, 0) is 14.9 Å². The average molecular weight is 307 g/mol. The molecule has 1 fully saturated rings. The van der Waals surface area contributed by atoms with Crippen molar-refractivity contribution >= 4 is 17.7 Å². The van der Waals surface area contributed by atoms with E-state index in [1.54, 1.807) is 32.9 Å². The number of aliphatic carboxylic acids is 1. The predicted octanol–water partition coefficient (Wildman–Crippen LogP) is 3.25. The molecule has 0 heterocycles. The zero-order valence-corrected chi connectivity index (χ0v) is 13.0. The van der Waals surface area contributed by atoms with Gasteiger partial charge in [0.25, 0.3) is 0 Å². The second-order valence-corrected chi connectivity index (χ2v) is 6.60. The molecule has 0 bridgehead atoms. The van der Waals surface area contributed by atoms with E-state index in [0.29, 0.717) is 24.1 Å². The van der Waals surface area contributed by atoms with Gasteiger partial charge in [-0.3, -0.25) is 10.1 Å². The minimum absolute atomic E-state index is 0.129. The van der Waals surface area contributed by atoms with Gasteiger partial charge in [-0.2, -0.15) is 0 Å². The van der Waals surface area contributed by atoms with E-state index < -0.39 is 23.1 Å². The van der Waals surface area contributed by atoms with Crippen LogP contribution in [0.15, 0.2) is 18.2 Å². The highest BCUT2D eigenvalue weighted by molar-refractivity contribution is 5.87. The number of hydrogen-bond acceptors (Lipinski definition) is 4. The number of carbonyl (C=O) groups excluding carboxylic acids is 1. The number of aromatic hydroxyl groups is 1. The van der Waals surface area contributed by atoms with Crippen molar-refractivity contribution in [1.29, 1.82) is 0 Å². The van der Waals surface area contributed by atoms with Gasteiger partial charge in [0.15, 0.2) is 0 Å². The fourth-order valence-corrected chi connectivity index (χ4v) is 2.56. The minimum Gasteiger partial charge on any atom is -0.508 e. The minimum atomic E-state index is -1.01. The second-order valence-electron chi connectivity index (χ2n) is 6.60. The van der Waals surface area contributed by atoms with Crippen LogP contribution in [0.3, 0.4) is 0 Å². The van der Waals surface area contributed by atoms with Crippen LogP contribution in [-0.4, -0.2) is 27.9 Å². The number of phenols is 1. The van der Waals surface area contributed by atoms with E-state index in [4.69, 9.17) is 4.74 Å². The number of hydrogen-bond donors (Lipinski definition) is 3. The topological polar surface area (TPSA) is 95.9 Å². The van der Waals surface area contributed by atoms with Crippen molar-refractivity contribution in [2.24, 2.45) is 0 Å². The maximum absolute atomic E-state index is 11.7. The van der Waals surface area contributed by atoms with Crippen molar-refractivity contribution in [3.8, 4) is 5.75 Å². The molecule has 0 radical (unpaired) electrons. The standard InChI is InChI=1S/C16H21NO5/c1-15(2,3)22-14(21)17-10-5-6-11(12(18)9-10)16(13(19)20)7-4-8-16/h5-6,9,18H,4,7-8H2,1-3H3,(H,17,21)(H,19,20). The predicted molar refractivity (Wildman–Crippen MR) is 81.1 cm³/mol. The number of rotatable bonds is 3. The number of phenolic OH excluding ortho intramolecular Hbond substituents is 1. The van der Waals surface area contributed by atoms with Crippen LogP contribution in [0.4, 0.5) is 10.5 Å². The van der Waals surface area contributed by atoms with Gasteiger partial charge in [-0.1, -0.05) is 12.5 Å². The van der Waals surface area contributed by atoms with Gasteiger partial charge >= 0.3 is 12.1 Å². The number of benzene rings is 1. The summed E-state index contributed by atoms with van der Waals surface area (Å²) in [6.45, 7) is 5.25. The summed E-state index contributed by atoms with van der Waals surface area (Å²) < 4.78 is 5.12. The summed E-state index contributed by atoms with van der Waals surface area (Å²) in [5.41, 5.74) is -0.878. The fourth-order valence-electron chi connectivity index (χ4n) is 2.56. The highest BCUT2D eigenvalue weighted by atomic mass is 16.6. The van der Waals surface area contributed by atoms with Gasteiger partial charge in [0.2, 0.25) is 0 Å². The number of ether oxygens (including phenoxy) is 1. The lowest BCUT2D eigenvalue weighted by molar-refractivity contribution is -0.147. The summed E-state index contributed by atoms with van der Waals surface area (Å²) in [4.78, 5) is 23.2. The molecule has 1 amide bonds. The van der Waals surface area contributed by atoms with Crippen LogP contribution in [0.2, 0.25) is 0 Å². The molecule has 0 aromatic heterocycles. The number of carboxylic acids is 1. The molecule has 3 N–H and O–H groups in total. The first-order chi connectivity index (χ1) is 10.1. The lowest BCUT2D eigenvalue weighted by Crippen LogP contribution is -2.42. The third-order valence-corrected chi connectivity index (χ3v) is 3.78. The van der Waals surface area contributed by atoms with E-state index in [1.807, 2.05) is 0 Å². The summed E-state index contributed by atoms with van der Waals surface area (Å²) >= 11 is 0. The Kier molecular flexibility index (Phi) is 4.04. The van der Waals surface area contributed by atoms with Crippen molar-refractivity contribution < 1.29 is 24.5 Å².